The average molecular weight is 384 g/mol. The van der Waals surface area contributed by atoms with Crippen LogP contribution in [0.4, 0.5) is 0 Å². The molecule has 142 valence electrons. The number of rotatable bonds is 3. The van der Waals surface area contributed by atoms with Gasteiger partial charge in [0.15, 0.2) is 0 Å². The molecule has 0 spiro atoms. The van der Waals surface area contributed by atoms with Gasteiger partial charge in [0, 0.05) is 22.4 Å². The van der Waals surface area contributed by atoms with E-state index in [1.807, 2.05) is 24.3 Å². The Kier molecular flexibility index (Phi) is 3.77. The number of aryl methyl sites for hydroxylation is 1. The lowest BCUT2D eigenvalue weighted by Gasteiger charge is -2.07. The summed E-state index contributed by atoms with van der Waals surface area (Å²) in [4.78, 5) is 23.3. The second-order valence-corrected chi connectivity index (χ2v) is 7.12. The van der Waals surface area contributed by atoms with Gasteiger partial charge in [-0.3, -0.25) is 4.79 Å². The fourth-order valence-corrected chi connectivity index (χ4v) is 3.85. The normalized spacial score (nSPS) is 11.5. The third kappa shape index (κ3) is 2.79. The molecule has 5 heteroatoms. The molecular formula is C24H16O5. The highest BCUT2D eigenvalue weighted by Gasteiger charge is 2.17. The molecule has 0 saturated carbocycles. The van der Waals surface area contributed by atoms with Crippen LogP contribution in [0.3, 0.4) is 0 Å². The molecule has 0 aliphatic rings. The van der Waals surface area contributed by atoms with Crippen molar-refractivity contribution in [2.75, 3.05) is 0 Å². The fourth-order valence-electron chi connectivity index (χ4n) is 3.85. The molecule has 0 atom stereocenters. The monoisotopic (exact) mass is 384 g/mol. The Morgan fingerprint density at radius 3 is 2.55 bits per heavy atom. The van der Waals surface area contributed by atoms with Crippen LogP contribution in [0.5, 0.6) is 0 Å². The topological polar surface area (TPSA) is 80.6 Å². The summed E-state index contributed by atoms with van der Waals surface area (Å²) in [5.74, 6) is -1.07. The van der Waals surface area contributed by atoms with Crippen LogP contribution in [0.1, 0.15) is 11.1 Å². The molecule has 5 nitrogen and oxygen atoms in total. The first-order valence-corrected chi connectivity index (χ1v) is 9.20. The maximum atomic E-state index is 12.2. The molecule has 2 aromatic heterocycles. The van der Waals surface area contributed by atoms with Gasteiger partial charge in [-0.05, 0) is 41.0 Å². The van der Waals surface area contributed by atoms with Gasteiger partial charge in [-0.1, -0.05) is 36.4 Å². The molecule has 1 N–H and O–H groups in total. The van der Waals surface area contributed by atoms with Crippen molar-refractivity contribution in [1.29, 1.82) is 0 Å². The Balaban J connectivity index is 1.76. The van der Waals surface area contributed by atoms with Crippen molar-refractivity contribution in [2.24, 2.45) is 0 Å². The van der Waals surface area contributed by atoms with Crippen molar-refractivity contribution in [1.82, 2.24) is 0 Å². The quantitative estimate of drug-likeness (QED) is 0.427. The Bertz CT molecular complexity index is 1490. The van der Waals surface area contributed by atoms with Gasteiger partial charge in [0.25, 0.3) is 0 Å². The van der Waals surface area contributed by atoms with Crippen molar-refractivity contribution in [3.8, 4) is 11.1 Å². The van der Waals surface area contributed by atoms with Gasteiger partial charge < -0.3 is 13.9 Å². The molecule has 0 aliphatic carbocycles. The van der Waals surface area contributed by atoms with Crippen molar-refractivity contribution >= 4 is 38.7 Å². The molecule has 0 aliphatic heterocycles. The van der Waals surface area contributed by atoms with E-state index in [9.17, 15) is 9.59 Å². The van der Waals surface area contributed by atoms with Crippen molar-refractivity contribution in [3.63, 3.8) is 0 Å². The highest BCUT2D eigenvalue weighted by Crippen LogP contribution is 2.35. The van der Waals surface area contributed by atoms with E-state index in [4.69, 9.17) is 13.9 Å². The maximum absolute atomic E-state index is 12.2. The van der Waals surface area contributed by atoms with E-state index in [2.05, 4.69) is 24.3 Å². The summed E-state index contributed by atoms with van der Waals surface area (Å²) >= 11 is 0. The summed E-state index contributed by atoms with van der Waals surface area (Å²) in [6, 6.07) is 18.0. The number of fused-ring (bicyclic) bond motifs is 3. The van der Waals surface area contributed by atoms with Crippen molar-refractivity contribution in [2.45, 2.75) is 13.3 Å². The fraction of sp³-hybridized carbons (Fsp3) is 0.0833. The molecule has 0 fully saturated rings. The Hall–Kier alpha value is -3.86. The number of carboxylic acid groups (broad SMARTS) is 1. The molecule has 0 radical (unpaired) electrons. The van der Waals surface area contributed by atoms with E-state index in [-0.39, 0.29) is 12.0 Å². The molecule has 2 heterocycles. The Morgan fingerprint density at radius 2 is 1.76 bits per heavy atom. The first-order valence-electron chi connectivity index (χ1n) is 9.20. The van der Waals surface area contributed by atoms with Crippen LogP contribution in [0, 0.1) is 6.92 Å². The number of hydrogen-bond acceptors (Lipinski definition) is 4. The Labute approximate surface area is 164 Å². The largest absolute Gasteiger partial charge is 0.481 e. The van der Waals surface area contributed by atoms with E-state index in [1.165, 1.54) is 0 Å². The van der Waals surface area contributed by atoms with E-state index in [0.717, 1.165) is 27.3 Å². The summed E-state index contributed by atoms with van der Waals surface area (Å²) in [7, 11) is 0. The number of carbonyl (C=O) groups is 1. The first kappa shape index (κ1) is 17.3. The maximum Gasteiger partial charge on any atom is 0.340 e. The van der Waals surface area contributed by atoms with E-state index < -0.39 is 11.6 Å². The van der Waals surface area contributed by atoms with Crippen molar-refractivity contribution < 1.29 is 18.7 Å². The molecule has 29 heavy (non-hydrogen) atoms. The molecular weight excluding hydrogens is 368 g/mol. The highest BCUT2D eigenvalue weighted by atomic mass is 16.4. The number of carboxylic acids is 1. The van der Waals surface area contributed by atoms with E-state index in [1.54, 1.807) is 19.3 Å². The van der Waals surface area contributed by atoms with Crippen LogP contribution < -0.4 is 5.63 Å². The van der Waals surface area contributed by atoms with Gasteiger partial charge in [-0.25, -0.2) is 4.79 Å². The summed E-state index contributed by atoms with van der Waals surface area (Å²) < 4.78 is 11.1. The number of hydrogen-bond donors (Lipinski definition) is 1. The molecule has 0 bridgehead atoms. The number of benzene rings is 3. The van der Waals surface area contributed by atoms with E-state index >= 15 is 0 Å². The predicted octanol–water partition coefficient (Wildman–Crippen LogP) is 5.29. The van der Waals surface area contributed by atoms with Gasteiger partial charge in [0.1, 0.15) is 11.2 Å². The van der Waals surface area contributed by atoms with Crippen LogP contribution in [0.2, 0.25) is 0 Å². The molecule has 0 saturated heterocycles. The van der Waals surface area contributed by atoms with Crippen LogP contribution in [0.15, 0.2) is 74.5 Å². The molecule has 5 aromatic rings. The third-order valence-corrected chi connectivity index (χ3v) is 5.37. The number of aliphatic carboxylic acids is 1. The zero-order valence-corrected chi connectivity index (χ0v) is 15.6. The van der Waals surface area contributed by atoms with Crippen LogP contribution >= 0.6 is 0 Å². The second kappa shape index (κ2) is 6.34. The van der Waals surface area contributed by atoms with Gasteiger partial charge in [0.05, 0.1) is 18.2 Å². The smallest absolute Gasteiger partial charge is 0.340 e. The summed E-state index contributed by atoms with van der Waals surface area (Å²) in [5, 5.41) is 13.0. The lowest BCUT2D eigenvalue weighted by Crippen LogP contribution is -2.14. The summed E-state index contributed by atoms with van der Waals surface area (Å²) in [6.45, 7) is 1.75. The minimum absolute atomic E-state index is 0.167. The molecule has 0 amide bonds. The highest BCUT2D eigenvalue weighted by molar-refractivity contribution is 6.03. The summed E-state index contributed by atoms with van der Waals surface area (Å²) in [6.07, 6.45) is 1.32. The zero-order chi connectivity index (χ0) is 20.1. The van der Waals surface area contributed by atoms with Crippen LogP contribution in [-0.2, 0) is 11.2 Å². The minimum Gasteiger partial charge on any atom is -0.481 e. The standard InChI is InChI=1S/C24H16O5/c1-13-17-9-19-20(16-7-6-14-4-2-3-5-15(14)8-16)12-28-21(19)11-22(17)29-24(27)18(13)10-23(25)26/h2-9,11-12H,10H2,1H3,(H,25,26). The molecule has 5 rings (SSSR count). The lowest BCUT2D eigenvalue weighted by atomic mass is 9.98. The molecule has 0 unspecified atom stereocenters. The van der Waals surface area contributed by atoms with Gasteiger partial charge >= 0.3 is 11.6 Å². The Morgan fingerprint density at radius 1 is 0.966 bits per heavy atom. The predicted molar refractivity (Wildman–Crippen MR) is 111 cm³/mol. The van der Waals surface area contributed by atoms with Gasteiger partial charge in [0.2, 0.25) is 0 Å². The minimum atomic E-state index is -1.07. The van der Waals surface area contributed by atoms with Gasteiger partial charge in [-0.2, -0.15) is 0 Å². The first-order chi connectivity index (χ1) is 14.0. The third-order valence-electron chi connectivity index (χ3n) is 5.37. The second-order valence-electron chi connectivity index (χ2n) is 7.12. The summed E-state index contributed by atoms with van der Waals surface area (Å²) in [5.41, 5.74) is 3.09. The van der Waals surface area contributed by atoms with E-state index in [0.29, 0.717) is 22.1 Å². The lowest BCUT2D eigenvalue weighted by molar-refractivity contribution is -0.136. The van der Waals surface area contributed by atoms with Gasteiger partial charge in [-0.15, -0.1) is 0 Å². The number of furan rings is 1. The average Bonchev–Trinajstić information content (AvgIpc) is 3.12. The molecule has 3 aromatic carbocycles. The van der Waals surface area contributed by atoms with Crippen molar-refractivity contribution in [3.05, 3.63) is 82.4 Å². The van der Waals surface area contributed by atoms with Crippen LogP contribution in [0.25, 0.3) is 43.8 Å². The van der Waals surface area contributed by atoms with Crippen LogP contribution in [-0.4, -0.2) is 11.1 Å². The zero-order valence-electron chi connectivity index (χ0n) is 15.6. The SMILES string of the molecule is Cc1c(CC(=O)O)c(=O)oc2cc3occ(-c4ccc5ccccc5c4)c3cc12.